The number of halogens is 1. The van der Waals surface area contributed by atoms with Gasteiger partial charge in [0.1, 0.15) is 5.82 Å². The minimum atomic E-state index is -0.289. The van der Waals surface area contributed by atoms with E-state index in [1.165, 1.54) is 17.4 Å². The average molecular weight is 393 g/mol. The maximum atomic E-state index is 14.5. The SMILES string of the molecule is CN1c2ccccc2C(c2ccccc2F)=NC[C@@H]1CNC(=O)c1ccsc1. The van der Waals surface area contributed by atoms with Crippen molar-refractivity contribution in [1.82, 2.24) is 5.32 Å². The Kier molecular flexibility index (Phi) is 5.21. The van der Waals surface area contributed by atoms with Crippen LogP contribution in [-0.4, -0.2) is 37.8 Å². The van der Waals surface area contributed by atoms with Crippen molar-refractivity contribution in [1.29, 1.82) is 0 Å². The Hall–Kier alpha value is -2.99. The van der Waals surface area contributed by atoms with Crippen molar-refractivity contribution in [3.05, 3.63) is 87.9 Å². The van der Waals surface area contributed by atoms with Gasteiger partial charge in [0, 0.05) is 41.4 Å². The Morgan fingerprint density at radius 3 is 2.68 bits per heavy atom. The summed E-state index contributed by atoms with van der Waals surface area (Å²) in [6.07, 6.45) is 0. The largest absolute Gasteiger partial charge is 0.367 e. The number of aliphatic imine (C=N–C) groups is 1. The number of amides is 1. The maximum Gasteiger partial charge on any atom is 0.252 e. The van der Waals surface area contributed by atoms with E-state index in [2.05, 4.69) is 10.2 Å². The summed E-state index contributed by atoms with van der Waals surface area (Å²) in [4.78, 5) is 19.2. The summed E-state index contributed by atoms with van der Waals surface area (Å²) in [5, 5.41) is 6.70. The normalized spacial score (nSPS) is 16.1. The third-order valence-electron chi connectivity index (χ3n) is 4.96. The second kappa shape index (κ2) is 7.94. The maximum absolute atomic E-state index is 14.5. The third kappa shape index (κ3) is 3.55. The number of para-hydroxylation sites is 1. The summed E-state index contributed by atoms with van der Waals surface area (Å²) in [6.45, 7) is 0.909. The number of benzodiazepines with no additional fused rings is 1. The van der Waals surface area contributed by atoms with Gasteiger partial charge in [0.15, 0.2) is 0 Å². The topological polar surface area (TPSA) is 44.7 Å². The van der Waals surface area contributed by atoms with Crippen LogP contribution in [0.5, 0.6) is 0 Å². The van der Waals surface area contributed by atoms with E-state index in [1.54, 1.807) is 18.2 Å². The number of fused-ring (bicyclic) bond motifs is 1. The molecule has 0 fully saturated rings. The molecule has 28 heavy (non-hydrogen) atoms. The summed E-state index contributed by atoms with van der Waals surface area (Å²) in [5.41, 5.74) is 3.66. The number of likely N-dealkylation sites (N-methyl/N-ethyl adjacent to an activating group) is 1. The zero-order valence-electron chi connectivity index (χ0n) is 15.4. The molecule has 0 radical (unpaired) electrons. The standard InChI is InChI=1S/C22H20FN3OS/c1-26-16(13-25-22(27)15-10-11-28-14-15)12-24-21(17-6-2-4-8-19(17)23)18-7-3-5-9-20(18)26/h2-11,14,16H,12-13H2,1H3,(H,25,27)/t16-/m1/s1. The van der Waals surface area contributed by atoms with Crippen LogP contribution in [0.15, 0.2) is 70.3 Å². The highest BCUT2D eigenvalue weighted by molar-refractivity contribution is 7.08. The lowest BCUT2D eigenvalue weighted by Crippen LogP contribution is -2.43. The molecular weight excluding hydrogens is 373 g/mol. The predicted octanol–water partition coefficient (Wildman–Crippen LogP) is 3.97. The smallest absolute Gasteiger partial charge is 0.252 e. The Morgan fingerprint density at radius 1 is 1.18 bits per heavy atom. The summed E-state index contributed by atoms with van der Waals surface area (Å²) in [7, 11) is 1.99. The van der Waals surface area contributed by atoms with Gasteiger partial charge in [0.2, 0.25) is 0 Å². The van der Waals surface area contributed by atoms with Gasteiger partial charge in [0.05, 0.1) is 18.3 Å². The van der Waals surface area contributed by atoms with Crippen molar-refractivity contribution in [2.45, 2.75) is 6.04 Å². The van der Waals surface area contributed by atoms with Crippen molar-refractivity contribution in [3.63, 3.8) is 0 Å². The van der Waals surface area contributed by atoms with E-state index in [9.17, 15) is 9.18 Å². The van der Waals surface area contributed by atoms with E-state index in [-0.39, 0.29) is 17.8 Å². The molecular formula is C22H20FN3OS. The van der Waals surface area contributed by atoms with Crippen LogP contribution in [0.3, 0.4) is 0 Å². The highest BCUT2D eigenvalue weighted by atomic mass is 32.1. The molecule has 4 nitrogen and oxygen atoms in total. The Bertz CT molecular complexity index is 1020. The molecule has 0 saturated heterocycles. The number of anilines is 1. The van der Waals surface area contributed by atoms with Crippen LogP contribution in [-0.2, 0) is 0 Å². The summed E-state index contributed by atoms with van der Waals surface area (Å²) in [5.74, 6) is -0.381. The molecule has 2 aromatic carbocycles. The number of benzene rings is 2. The minimum Gasteiger partial charge on any atom is -0.367 e. The van der Waals surface area contributed by atoms with Gasteiger partial charge < -0.3 is 10.2 Å². The van der Waals surface area contributed by atoms with Crippen LogP contribution in [0.2, 0.25) is 0 Å². The molecule has 1 N–H and O–H groups in total. The molecule has 0 unspecified atom stereocenters. The van der Waals surface area contributed by atoms with E-state index in [0.717, 1.165) is 11.3 Å². The van der Waals surface area contributed by atoms with E-state index in [1.807, 2.05) is 48.1 Å². The van der Waals surface area contributed by atoms with Crippen molar-refractivity contribution in [3.8, 4) is 0 Å². The van der Waals surface area contributed by atoms with Gasteiger partial charge in [-0.2, -0.15) is 11.3 Å². The van der Waals surface area contributed by atoms with Crippen LogP contribution in [0.25, 0.3) is 0 Å². The number of thiophene rings is 1. The number of carbonyl (C=O) groups excluding carboxylic acids is 1. The first-order valence-corrected chi connectivity index (χ1v) is 10.0. The summed E-state index contributed by atoms with van der Waals surface area (Å²) in [6, 6.07) is 16.3. The first-order valence-electron chi connectivity index (χ1n) is 9.07. The number of hydrogen-bond donors (Lipinski definition) is 1. The van der Waals surface area contributed by atoms with Gasteiger partial charge >= 0.3 is 0 Å². The van der Waals surface area contributed by atoms with E-state index < -0.39 is 0 Å². The fourth-order valence-electron chi connectivity index (χ4n) is 3.37. The van der Waals surface area contributed by atoms with Crippen LogP contribution in [0.4, 0.5) is 10.1 Å². The number of carbonyl (C=O) groups is 1. The Balaban J connectivity index is 1.64. The number of hydrogen-bond acceptors (Lipinski definition) is 4. The predicted molar refractivity (Wildman–Crippen MR) is 112 cm³/mol. The Morgan fingerprint density at radius 2 is 1.93 bits per heavy atom. The van der Waals surface area contributed by atoms with Crippen LogP contribution >= 0.6 is 11.3 Å². The molecule has 1 amide bonds. The molecule has 3 aromatic rings. The molecule has 2 heterocycles. The lowest BCUT2D eigenvalue weighted by Gasteiger charge is -2.28. The van der Waals surface area contributed by atoms with Crippen molar-refractivity contribution < 1.29 is 9.18 Å². The monoisotopic (exact) mass is 393 g/mol. The van der Waals surface area contributed by atoms with Gasteiger partial charge in [-0.3, -0.25) is 9.79 Å². The first kappa shape index (κ1) is 18.4. The van der Waals surface area contributed by atoms with Crippen LogP contribution in [0.1, 0.15) is 21.5 Å². The molecule has 0 spiro atoms. The average Bonchev–Trinajstić information content (AvgIpc) is 3.22. The zero-order chi connectivity index (χ0) is 19.5. The fraction of sp³-hybridized carbons (Fsp3) is 0.182. The summed E-state index contributed by atoms with van der Waals surface area (Å²) < 4.78 is 14.5. The number of rotatable bonds is 4. The van der Waals surface area contributed by atoms with Gasteiger partial charge in [0.25, 0.3) is 5.91 Å². The first-order chi connectivity index (χ1) is 13.6. The molecule has 1 atom stereocenters. The van der Waals surface area contributed by atoms with Gasteiger partial charge in [-0.25, -0.2) is 4.39 Å². The zero-order valence-corrected chi connectivity index (χ0v) is 16.2. The fourth-order valence-corrected chi connectivity index (χ4v) is 4.01. The van der Waals surface area contributed by atoms with E-state index in [0.29, 0.717) is 29.9 Å². The van der Waals surface area contributed by atoms with E-state index in [4.69, 9.17) is 4.99 Å². The molecule has 0 saturated carbocycles. The molecule has 4 rings (SSSR count). The number of nitrogens with zero attached hydrogens (tertiary/aromatic N) is 2. The second-order valence-corrected chi connectivity index (χ2v) is 7.45. The third-order valence-corrected chi connectivity index (χ3v) is 5.64. The highest BCUT2D eigenvalue weighted by Gasteiger charge is 2.25. The quantitative estimate of drug-likeness (QED) is 0.729. The highest BCUT2D eigenvalue weighted by Crippen LogP contribution is 2.28. The second-order valence-electron chi connectivity index (χ2n) is 6.67. The van der Waals surface area contributed by atoms with Crippen LogP contribution < -0.4 is 10.2 Å². The van der Waals surface area contributed by atoms with Gasteiger partial charge in [-0.05, 0) is 29.6 Å². The molecule has 6 heteroatoms. The lowest BCUT2D eigenvalue weighted by molar-refractivity contribution is 0.0952. The van der Waals surface area contributed by atoms with Gasteiger partial charge in [-0.1, -0.05) is 30.3 Å². The minimum absolute atomic E-state index is 0.0343. The summed E-state index contributed by atoms with van der Waals surface area (Å²) >= 11 is 1.49. The Labute approximate surface area is 167 Å². The molecule has 1 aromatic heterocycles. The van der Waals surface area contributed by atoms with Gasteiger partial charge in [-0.15, -0.1) is 0 Å². The molecule has 1 aliphatic heterocycles. The van der Waals surface area contributed by atoms with Crippen LogP contribution in [0, 0.1) is 5.82 Å². The van der Waals surface area contributed by atoms with Crippen molar-refractivity contribution in [2.75, 3.05) is 25.0 Å². The molecule has 0 bridgehead atoms. The number of nitrogens with one attached hydrogen (secondary N) is 1. The van der Waals surface area contributed by atoms with Crippen molar-refractivity contribution in [2.24, 2.45) is 4.99 Å². The van der Waals surface area contributed by atoms with E-state index >= 15 is 0 Å². The lowest BCUT2D eigenvalue weighted by atomic mass is 10.00. The van der Waals surface area contributed by atoms with Crippen molar-refractivity contribution >= 4 is 28.6 Å². The molecule has 142 valence electrons. The molecule has 1 aliphatic rings. The molecule has 0 aliphatic carbocycles.